The highest BCUT2D eigenvalue weighted by molar-refractivity contribution is 5.85. The van der Waals surface area contributed by atoms with E-state index in [0.717, 1.165) is 79.4 Å². The number of nitrogens with zero attached hydrogens (tertiary/aromatic N) is 1. The van der Waals surface area contributed by atoms with Crippen molar-refractivity contribution in [1.82, 2.24) is 10.3 Å². The maximum Gasteiger partial charge on any atom is 0.119 e. The van der Waals surface area contributed by atoms with Crippen LogP contribution in [0.4, 0.5) is 0 Å². The normalized spacial score (nSPS) is 16.3. The summed E-state index contributed by atoms with van der Waals surface area (Å²) in [5.41, 5.74) is 11.0. The molecule has 6 heteroatoms. The molecular formula is C29H39N3O3. The lowest BCUT2D eigenvalue weighted by Crippen LogP contribution is -2.34. The summed E-state index contributed by atoms with van der Waals surface area (Å²) < 4.78 is 5.39. The number of nitrogens with two attached hydrogens (primary N) is 1. The Labute approximate surface area is 208 Å². The van der Waals surface area contributed by atoms with Crippen LogP contribution >= 0.6 is 0 Å². The summed E-state index contributed by atoms with van der Waals surface area (Å²) in [6.07, 6.45) is 7.34. The summed E-state index contributed by atoms with van der Waals surface area (Å²) in [5.74, 6) is 1.18. The number of rotatable bonds is 11. The van der Waals surface area contributed by atoms with Gasteiger partial charge in [-0.15, -0.1) is 0 Å². The van der Waals surface area contributed by atoms with E-state index < -0.39 is 6.10 Å². The van der Waals surface area contributed by atoms with E-state index in [1.165, 1.54) is 11.1 Å². The quantitative estimate of drug-likeness (QED) is 0.332. The average molecular weight is 478 g/mol. The van der Waals surface area contributed by atoms with Crippen molar-refractivity contribution in [3.63, 3.8) is 0 Å². The first-order chi connectivity index (χ1) is 17.1. The first kappa shape index (κ1) is 25.6. The van der Waals surface area contributed by atoms with Crippen LogP contribution in [0.15, 0.2) is 48.7 Å². The van der Waals surface area contributed by atoms with Crippen molar-refractivity contribution in [3.8, 4) is 5.75 Å². The highest BCUT2D eigenvalue weighted by Crippen LogP contribution is 2.32. The Balaban J connectivity index is 1.33. The molecule has 1 aromatic heterocycles. The van der Waals surface area contributed by atoms with Crippen LogP contribution in [0.5, 0.6) is 5.75 Å². The summed E-state index contributed by atoms with van der Waals surface area (Å²) >= 11 is 0. The highest BCUT2D eigenvalue weighted by Gasteiger charge is 2.21. The molecule has 0 saturated carbocycles. The molecule has 5 N–H and O–H groups in total. The predicted molar refractivity (Wildman–Crippen MR) is 140 cm³/mol. The molecule has 0 amide bonds. The number of aliphatic hydroxyl groups is 2. The number of aryl methyl sites for hydroxylation is 2. The van der Waals surface area contributed by atoms with Crippen LogP contribution < -0.4 is 15.8 Å². The van der Waals surface area contributed by atoms with E-state index in [2.05, 4.69) is 34.6 Å². The van der Waals surface area contributed by atoms with Gasteiger partial charge in [-0.1, -0.05) is 24.3 Å². The van der Waals surface area contributed by atoms with Crippen molar-refractivity contribution in [3.05, 3.63) is 70.9 Å². The zero-order valence-electron chi connectivity index (χ0n) is 20.7. The molecule has 2 atom stereocenters. The van der Waals surface area contributed by atoms with E-state index in [9.17, 15) is 10.2 Å². The molecule has 0 unspecified atom stereocenters. The van der Waals surface area contributed by atoms with E-state index in [0.29, 0.717) is 18.9 Å². The molecule has 1 aliphatic heterocycles. The summed E-state index contributed by atoms with van der Waals surface area (Å²) in [5, 5.41) is 25.9. The van der Waals surface area contributed by atoms with E-state index in [-0.39, 0.29) is 6.10 Å². The Bertz CT molecular complexity index is 1080. The third kappa shape index (κ3) is 6.58. The smallest absolute Gasteiger partial charge is 0.119 e. The summed E-state index contributed by atoms with van der Waals surface area (Å²) in [7, 11) is 1.64. The van der Waals surface area contributed by atoms with Crippen molar-refractivity contribution < 1.29 is 14.9 Å². The standard InChI is InChI=1S/C29H39N3O3/c1-35-24-10-11-26-25(17-24)29(23(18-30)19-32-26)28(34)12-9-21-7-5-20(6-8-21)3-2-4-27(33)22-13-15-31-16-14-22/h5-8,10-11,17,19,22,27-28,31,33-34H,2-4,9,12-16,18,30H2,1H3/t27-,28+/m0/s1. The number of methoxy groups -OCH3 is 1. The minimum absolute atomic E-state index is 0.180. The molecule has 3 aromatic rings. The number of fused-ring (bicyclic) bond motifs is 1. The van der Waals surface area contributed by atoms with Gasteiger partial charge in [-0.2, -0.15) is 0 Å². The Morgan fingerprint density at radius 2 is 1.74 bits per heavy atom. The number of hydrogen-bond donors (Lipinski definition) is 4. The van der Waals surface area contributed by atoms with Crippen LogP contribution in [0.1, 0.15) is 60.5 Å². The van der Waals surface area contributed by atoms with Crippen LogP contribution in [0.2, 0.25) is 0 Å². The Hall–Kier alpha value is -2.51. The van der Waals surface area contributed by atoms with E-state index >= 15 is 0 Å². The van der Waals surface area contributed by atoms with Crippen molar-refractivity contribution in [2.24, 2.45) is 11.7 Å². The number of nitrogens with one attached hydrogen (secondary N) is 1. The Morgan fingerprint density at radius 1 is 1.03 bits per heavy atom. The molecule has 1 fully saturated rings. The lowest BCUT2D eigenvalue weighted by molar-refractivity contribution is 0.0793. The summed E-state index contributed by atoms with van der Waals surface area (Å²) in [6, 6.07) is 14.4. The number of aliphatic hydroxyl groups excluding tert-OH is 2. The molecule has 0 aliphatic carbocycles. The summed E-state index contributed by atoms with van der Waals surface area (Å²) in [6.45, 7) is 2.38. The van der Waals surface area contributed by atoms with E-state index in [1.807, 2.05) is 18.2 Å². The molecule has 0 bridgehead atoms. The van der Waals surface area contributed by atoms with Gasteiger partial charge in [-0.05, 0) is 104 Å². The molecule has 2 heterocycles. The monoisotopic (exact) mass is 477 g/mol. The molecule has 0 radical (unpaired) electrons. The van der Waals surface area contributed by atoms with Crippen molar-refractivity contribution >= 4 is 10.9 Å². The van der Waals surface area contributed by atoms with Gasteiger partial charge in [-0.3, -0.25) is 4.98 Å². The van der Waals surface area contributed by atoms with Gasteiger partial charge in [0, 0.05) is 18.1 Å². The topological polar surface area (TPSA) is 101 Å². The maximum absolute atomic E-state index is 11.1. The van der Waals surface area contributed by atoms with Gasteiger partial charge >= 0.3 is 0 Å². The average Bonchev–Trinajstić information content (AvgIpc) is 2.91. The van der Waals surface area contributed by atoms with Gasteiger partial charge in [0.2, 0.25) is 0 Å². The lowest BCUT2D eigenvalue weighted by Gasteiger charge is -2.27. The van der Waals surface area contributed by atoms with E-state index in [4.69, 9.17) is 10.5 Å². The lowest BCUT2D eigenvalue weighted by atomic mass is 9.89. The molecule has 2 aromatic carbocycles. The first-order valence-corrected chi connectivity index (χ1v) is 12.9. The van der Waals surface area contributed by atoms with Crippen molar-refractivity contribution in [2.75, 3.05) is 20.2 Å². The molecule has 0 spiro atoms. The van der Waals surface area contributed by atoms with Crippen molar-refractivity contribution in [1.29, 1.82) is 0 Å². The number of ether oxygens (including phenoxy) is 1. The third-order valence-electron chi connectivity index (χ3n) is 7.38. The maximum atomic E-state index is 11.1. The second-order valence-electron chi connectivity index (χ2n) is 9.70. The fraction of sp³-hybridized carbons (Fsp3) is 0.483. The molecule has 1 aliphatic rings. The number of pyridine rings is 1. The fourth-order valence-corrected chi connectivity index (χ4v) is 5.22. The van der Waals surface area contributed by atoms with Gasteiger partial charge in [0.15, 0.2) is 0 Å². The Kier molecular flexibility index (Phi) is 9.10. The number of piperidine rings is 1. The SMILES string of the molecule is COc1ccc2ncc(CN)c([C@H](O)CCc3ccc(CCC[C@H](O)C4CCNCC4)cc3)c2c1. The second-order valence-corrected chi connectivity index (χ2v) is 9.70. The molecule has 188 valence electrons. The number of benzene rings is 2. The molecule has 1 saturated heterocycles. The van der Waals surface area contributed by atoms with Gasteiger partial charge in [0.1, 0.15) is 5.75 Å². The van der Waals surface area contributed by atoms with Crippen LogP contribution in [-0.4, -0.2) is 41.5 Å². The molecule has 4 rings (SSSR count). The molecule has 35 heavy (non-hydrogen) atoms. The minimum Gasteiger partial charge on any atom is -0.497 e. The minimum atomic E-state index is -0.637. The molecule has 6 nitrogen and oxygen atoms in total. The van der Waals surface area contributed by atoms with Crippen LogP contribution in [0, 0.1) is 5.92 Å². The van der Waals surface area contributed by atoms with Crippen LogP contribution in [-0.2, 0) is 19.4 Å². The summed E-state index contributed by atoms with van der Waals surface area (Å²) in [4.78, 5) is 4.50. The first-order valence-electron chi connectivity index (χ1n) is 12.9. The zero-order chi connectivity index (χ0) is 24.6. The van der Waals surface area contributed by atoms with Gasteiger partial charge < -0.3 is 26.0 Å². The largest absolute Gasteiger partial charge is 0.497 e. The second kappa shape index (κ2) is 12.5. The van der Waals surface area contributed by atoms with Gasteiger partial charge in [0.25, 0.3) is 0 Å². The van der Waals surface area contributed by atoms with E-state index in [1.54, 1.807) is 13.3 Å². The number of aromatic nitrogens is 1. The Morgan fingerprint density at radius 3 is 2.43 bits per heavy atom. The molecular weight excluding hydrogens is 438 g/mol. The van der Waals surface area contributed by atoms with Gasteiger partial charge in [0.05, 0.1) is 24.8 Å². The van der Waals surface area contributed by atoms with Gasteiger partial charge in [-0.25, -0.2) is 0 Å². The zero-order valence-corrected chi connectivity index (χ0v) is 20.7. The number of hydrogen-bond acceptors (Lipinski definition) is 6. The van der Waals surface area contributed by atoms with Crippen LogP contribution in [0.3, 0.4) is 0 Å². The predicted octanol–water partition coefficient (Wildman–Crippen LogP) is 4.05. The fourth-order valence-electron chi connectivity index (χ4n) is 5.22. The third-order valence-corrected chi connectivity index (χ3v) is 7.38. The highest BCUT2D eigenvalue weighted by atomic mass is 16.5. The van der Waals surface area contributed by atoms with Crippen LogP contribution in [0.25, 0.3) is 10.9 Å². The van der Waals surface area contributed by atoms with Crippen molar-refractivity contribution in [2.45, 2.75) is 63.7 Å².